The van der Waals surface area contributed by atoms with Crippen LogP contribution in [0.2, 0.25) is 0 Å². The van der Waals surface area contributed by atoms with Crippen molar-refractivity contribution in [2.75, 3.05) is 32.7 Å². The molecule has 4 heteroatoms. The summed E-state index contributed by atoms with van der Waals surface area (Å²) in [6.45, 7) is 17.1. The molecule has 2 heterocycles. The second-order valence-corrected chi connectivity index (χ2v) is 10.6. The maximum atomic E-state index is 10.3. The van der Waals surface area contributed by atoms with Crippen molar-refractivity contribution in [3.05, 3.63) is 0 Å². The van der Waals surface area contributed by atoms with Crippen molar-refractivity contribution in [2.45, 2.75) is 109 Å². The Morgan fingerprint density at radius 1 is 0.769 bits per heavy atom. The van der Waals surface area contributed by atoms with Gasteiger partial charge in [-0.05, 0) is 92.9 Å². The van der Waals surface area contributed by atoms with Gasteiger partial charge < -0.3 is 5.11 Å². The van der Waals surface area contributed by atoms with Crippen LogP contribution in [0.1, 0.15) is 79.6 Å². The summed E-state index contributed by atoms with van der Waals surface area (Å²) in [4.78, 5) is 8.33. The van der Waals surface area contributed by atoms with Crippen LogP contribution in [0.4, 0.5) is 0 Å². The van der Waals surface area contributed by atoms with E-state index < -0.39 is 5.60 Å². The van der Waals surface area contributed by atoms with E-state index in [-0.39, 0.29) is 5.54 Å². The van der Waals surface area contributed by atoms with E-state index in [0.29, 0.717) is 18.1 Å². The lowest BCUT2D eigenvalue weighted by atomic mass is 10.0. The van der Waals surface area contributed by atoms with Gasteiger partial charge in [0.05, 0.1) is 5.60 Å². The minimum Gasteiger partial charge on any atom is -0.390 e. The lowest BCUT2D eigenvalue weighted by Gasteiger charge is -2.39. The third-order valence-electron chi connectivity index (χ3n) is 6.72. The highest BCUT2D eigenvalue weighted by Gasteiger charge is 2.60. The first-order chi connectivity index (χ1) is 12.2. The van der Waals surface area contributed by atoms with E-state index >= 15 is 0 Å². The summed E-state index contributed by atoms with van der Waals surface area (Å²) in [5.74, 6) is 0. The van der Waals surface area contributed by atoms with E-state index in [0.717, 1.165) is 13.0 Å². The summed E-state index contributed by atoms with van der Waals surface area (Å²) >= 11 is 0. The van der Waals surface area contributed by atoms with Crippen LogP contribution in [0, 0.1) is 0 Å². The molecular formula is C22H43N3O. The smallest absolute Gasteiger partial charge is 0.0603 e. The van der Waals surface area contributed by atoms with Crippen LogP contribution >= 0.6 is 0 Å². The molecule has 0 bridgehead atoms. The standard InChI is InChI=1S/C22H43N3O/c1-21(2,3)25(17-12-22(4,5)26)20-18(23-13-8-6-9-14-23)19(20)24-15-10-7-11-16-24/h18-20,26H,6-17H2,1-5H3. The third kappa shape index (κ3) is 5.01. The molecule has 2 atom stereocenters. The highest BCUT2D eigenvalue weighted by atomic mass is 16.3. The Hall–Kier alpha value is -0.160. The monoisotopic (exact) mass is 365 g/mol. The molecule has 2 saturated heterocycles. The van der Waals surface area contributed by atoms with Crippen molar-refractivity contribution < 1.29 is 5.11 Å². The van der Waals surface area contributed by atoms with E-state index in [9.17, 15) is 5.11 Å². The summed E-state index contributed by atoms with van der Waals surface area (Å²) in [5.41, 5.74) is -0.436. The molecule has 3 fully saturated rings. The minimum absolute atomic E-state index is 0.147. The molecule has 4 nitrogen and oxygen atoms in total. The third-order valence-corrected chi connectivity index (χ3v) is 6.72. The number of hydrogen-bond donors (Lipinski definition) is 1. The molecule has 2 unspecified atom stereocenters. The van der Waals surface area contributed by atoms with Crippen molar-refractivity contribution >= 4 is 0 Å². The molecule has 152 valence electrons. The topological polar surface area (TPSA) is 30.0 Å². The molecular weight excluding hydrogens is 322 g/mol. The number of aliphatic hydroxyl groups is 1. The number of rotatable bonds is 6. The predicted octanol–water partition coefficient (Wildman–Crippen LogP) is 3.34. The Morgan fingerprint density at radius 3 is 1.54 bits per heavy atom. The normalized spacial score (nSPS) is 32.2. The van der Waals surface area contributed by atoms with Gasteiger partial charge >= 0.3 is 0 Å². The summed E-state index contributed by atoms with van der Waals surface area (Å²) in [5, 5.41) is 10.3. The van der Waals surface area contributed by atoms with Crippen LogP contribution in [0.3, 0.4) is 0 Å². The second kappa shape index (κ2) is 8.06. The average Bonchev–Trinajstić information content (AvgIpc) is 3.29. The highest BCUT2D eigenvalue weighted by Crippen LogP contribution is 2.43. The Labute approximate surface area is 161 Å². The van der Waals surface area contributed by atoms with Gasteiger partial charge in [-0.15, -0.1) is 0 Å². The van der Waals surface area contributed by atoms with Crippen LogP contribution < -0.4 is 0 Å². The van der Waals surface area contributed by atoms with Gasteiger partial charge in [-0.25, -0.2) is 0 Å². The molecule has 1 N–H and O–H groups in total. The van der Waals surface area contributed by atoms with Gasteiger partial charge in [-0.2, -0.15) is 0 Å². The molecule has 26 heavy (non-hydrogen) atoms. The van der Waals surface area contributed by atoms with Crippen molar-refractivity contribution in [1.29, 1.82) is 0 Å². The Morgan fingerprint density at radius 2 is 1.19 bits per heavy atom. The zero-order chi connectivity index (χ0) is 18.9. The summed E-state index contributed by atoms with van der Waals surface area (Å²) in [6, 6.07) is 2.04. The van der Waals surface area contributed by atoms with E-state index in [1.807, 2.05) is 13.8 Å². The number of piperidine rings is 2. The Bertz CT molecular complexity index is 417. The Balaban J connectivity index is 1.76. The minimum atomic E-state index is -0.584. The van der Waals surface area contributed by atoms with Crippen LogP contribution in [0.25, 0.3) is 0 Å². The quantitative estimate of drug-likeness (QED) is 0.782. The van der Waals surface area contributed by atoms with Gasteiger partial charge in [0, 0.05) is 30.2 Å². The largest absolute Gasteiger partial charge is 0.390 e. The fourth-order valence-electron chi connectivity index (χ4n) is 5.26. The maximum Gasteiger partial charge on any atom is 0.0603 e. The maximum absolute atomic E-state index is 10.3. The average molecular weight is 366 g/mol. The predicted molar refractivity (Wildman–Crippen MR) is 110 cm³/mol. The fourth-order valence-corrected chi connectivity index (χ4v) is 5.26. The van der Waals surface area contributed by atoms with Crippen molar-refractivity contribution in [3.63, 3.8) is 0 Å². The molecule has 0 radical (unpaired) electrons. The van der Waals surface area contributed by atoms with Gasteiger partial charge in [-0.1, -0.05) is 12.8 Å². The van der Waals surface area contributed by atoms with Crippen molar-refractivity contribution in [3.8, 4) is 0 Å². The molecule has 3 rings (SSSR count). The fraction of sp³-hybridized carbons (Fsp3) is 1.00. The molecule has 0 aromatic heterocycles. The summed E-state index contributed by atoms with van der Waals surface area (Å²) < 4.78 is 0. The van der Waals surface area contributed by atoms with E-state index in [2.05, 4.69) is 35.5 Å². The second-order valence-electron chi connectivity index (χ2n) is 10.6. The van der Waals surface area contributed by atoms with Gasteiger partial charge in [0.2, 0.25) is 0 Å². The lowest BCUT2D eigenvalue weighted by Crippen LogP contribution is -2.49. The van der Waals surface area contributed by atoms with E-state index in [1.165, 1.54) is 64.7 Å². The zero-order valence-corrected chi connectivity index (χ0v) is 18.0. The molecule has 1 aliphatic carbocycles. The molecule has 0 aromatic rings. The van der Waals surface area contributed by atoms with Crippen molar-refractivity contribution in [2.24, 2.45) is 0 Å². The summed E-state index contributed by atoms with van der Waals surface area (Å²) in [6.07, 6.45) is 9.14. The molecule has 3 aliphatic rings. The highest BCUT2D eigenvalue weighted by molar-refractivity contribution is 5.19. The van der Waals surface area contributed by atoms with Crippen LogP contribution in [0.15, 0.2) is 0 Å². The first kappa shape index (κ1) is 20.6. The van der Waals surface area contributed by atoms with Gasteiger partial charge in [0.25, 0.3) is 0 Å². The van der Waals surface area contributed by atoms with Crippen LogP contribution in [-0.2, 0) is 0 Å². The van der Waals surface area contributed by atoms with Crippen molar-refractivity contribution in [1.82, 2.24) is 14.7 Å². The van der Waals surface area contributed by atoms with Crippen LogP contribution in [-0.4, -0.2) is 81.8 Å². The molecule has 0 spiro atoms. The SMILES string of the molecule is CC(C)(O)CCN(C1C(N2CCCCC2)C1N1CCCCC1)C(C)(C)C. The van der Waals surface area contributed by atoms with E-state index in [1.54, 1.807) is 0 Å². The first-order valence-electron chi connectivity index (χ1n) is 11.2. The molecule has 1 saturated carbocycles. The number of hydrogen-bond acceptors (Lipinski definition) is 4. The number of nitrogens with zero attached hydrogens (tertiary/aromatic N) is 3. The molecule has 2 aliphatic heterocycles. The molecule has 0 aromatic carbocycles. The Kier molecular flexibility index (Phi) is 6.38. The number of likely N-dealkylation sites (tertiary alicyclic amines) is 2. The van der Waals surface area contributed by atoms with E-state index in [4.69, 9.17) is 0 Å². The van der Waals surface area contributed by atoms with Gasteiger partial charge in [0.1, 0.15) is 0 Å². The van der Waals surface area contributed by atoms with Gasteiger partial charge in [-0.3, -0.25) is 14.7 Å². The lowest BCUT2D eigenvalue weighted by molar-refractivity contribution is 0.0302. The molecule has 0 amide bonds. The van der Waals surface area contributed by atoms with Gasteiger partial charge in [0.15, 0.2) is 0 Å². The van der Waals surface area contributed by atoms with Crippen LogP contribution in [0.5, 0.6) is 0 Å². The zero-order valence-electron chi connectivity index (χ0n) is 18.0. The first-order valence-corrected chi connectivity index (χ1v) is 11.2. The summed E-state index contributed by atoms with van der Waals surface area (Å²) in [7, 11) is 0.